The van der Waals surface area contributed by atoms with Gasteiger partial charge in [-0.05, 0) is 38.5 Å². The van der Waals surface area contributed by atoms with E-state index in [9.17, 15) is 13.2 Å². The van der Waals surface area contributed by atoms with Crippen LogP contribution in [-0.4, -0.2) is 44.9 Å². The van der Waals surface area contributed by atoms with E-state index in [1.165, 1.54) is 11.9 Å². The van der Waals surface area contributed by atoms with Crippen LogP contribution in [0.25, 0.3) is 0 Å². The molecule has 0 N–H and O–H groups in total. The van der Waals surface area contributed by atoms with Crippen molar-refractivity contribution in [2.24, 2.45) is 0 Å². The number of rotatable bonds is 5. The van der Waals surface area contributed by atoms with Gasteiger partial charge in [0.2, 0.25) is 0 Å². The molecular formula is C15H22ClNO5S. The first-order valence-electron chi connectivity index (χ1n) is 6.95. The number of nitrogens with zero attached hydrogens (tertiary/aromatic N) is 1. The summed E-state index contributed by atoms with van der Waals surface area (Å²) in [6.07, 6.45) is 0.370. The second-order valence-corrected chi connectivity index (χ2v) is 8.23. The zero-order chi connectivity index (χ0) is 17.8. The van der Waals surface area contributed by atoms with Crippen LogP contribution >= 0.6 is 11.6 Å². The third-order valence-corrected chi connectivity index (χ3v) is 3.62. The lowest BCUT2D eigenvalue weighted by Gasteiger charge is -2.30. The first kappa shape index (κ1) is 19.7. The van der Waals surface area contributed by atoms with Crippen LogP contribution in [0.15, 0.2) is 24.3 Å². The van der Waals surface area contributed by atoms with Gasteiger partial charge in [-0.2, -0.15) is 8.42 Å². The maximum Gasteiger partial charge on any atom is 0.410 e. The number of benzene rings is 1. The summed E-state index contributed by atoms with van der Waals surface area (Å²) in [7, 11) is -2.12. The Labute approximate surface area is 142 Å². The summed E-state index contributed by atoms with van der Waals surface area (Å²) in [5.74, 6) is 0. The Balaban J connectivity index is 3.05. The van der Waals surface area contributed by atoms with Gasteiger partial charge in [0.05, 0.1) is 18.9 Å². The SMILES string of the molecule is CN(C(=O)OC(C)(C)C)[C@H](COS(C)(=O)=O)c1cccc(Cl)c1. The molecule has 0 saturated heterocycles. The lowest BCUT2D eigenvalue weighted by Crippen LogP contribution is -2.38. The fraction of sp³-hybridized carbons (Fsp3) is 0.533. The largest absolute Gasteiger partial charge is 0.444 e. The Morgan fingerprint density at radius 3 is 2.43 bits per heavy atom. The zero-order valence-electron chi connectivity index (χ0n) is 13.9. The number of halogens is 1. The summed E-state index contributed by atoms with van der Waals surface area (Å²) < 4.78 is 32.7. The van der Waals surface area contributed by atoms with E-state index in [-0.39, 0.29) is 6.61 Å². The Kier molecular flexibility index (Phi) is 6.44. The van der Waals surface area contributed by atoms with Crippen LogP contribution in [0.3, 0.4) is 0 Å². The van der Waals surface area contributed by atoms with Gasteiger partial charge in [-0.1, -0.05) is 23.7 Å². The molecular weight excluding hydrogens is 342 g/mol. The molecule has 6 nitrogen and oxygen atoms in total. The molecule has 1 aromatic rings. The average Bonchev–Trinajstić information content (AvgIpc) is 2.35. The number of likely N-dealkylation sites (N-methyl/N-ethyl adjacent to an activating group) is 1. The van der Waals surface area contributed by atoms with Crippen LogP contribution in [0.1, 0.15) is 32.4 Å². The molecule has 0 aromatic heterocycles. The molecule has 0 spiro atoms. The van der Waals surface area contributed by atoms with Crippen LogP contribution in [0.2, 0.25) is 5.02 Å². The van der Waals surface area contributed by atoms with Gasteiger partial charge < -0.3 is 9.64 Å². The highest BCUT2D eigenvalue weighted by Gasteiger charge is 2.27. The standard InChI is InChI=1S/C15H22ClNO5S/c1-15(2,3)22-14(18)17(4)13(10-21-23(5,19)20)11-7-6-8-12(16)9-11/h6-9,13H,10H2,1-5H3/t13-/m1/s1. The van der Waals surface area contributed by atoms with Crippen molar-refractivity contribution in [1.29, 1.82) is 0 Å². The van der Waals surface area contributed by atoms with Crippen molar-refractivity contribution in [3.8, 4) is 0 Å². The highest BCUT2D eigenvalue weighted by molar-refractivity contribution is 7.85. The van der Waals surface area contributed by atoms with Gasteiger partial charge >= 0.3 is 6.09 Å². The molecule has 0 aliphatic heterocycles. The van der Waals surface area contributed by atoms with Gasteiger partial charge in [-0.15, -0.1) is 0 Å². The third-order valence-electron chi connectivity index (χ3n) is 2.82. The van der Waals surface area contributed by atoms with Gasteiger partial charge in [-0.3, -0.25) is 4.18 Å². The summed E-state index contributed by atoms with van der Waals surface area (Å²) >= 11 is 5.98. The minimum Gasteiger partial charge on any atom is -0.444 e. The Hall–Kier alpha value is -1.31. The van der Waals surface area contributed by atoms with Crippen LogP contribution in [0.4, 0.5) is 4.79 Å². The van der Waals surface area contributed by atoms with Gasteiger partial charge in [-0.25, -0.2) is 4.79 Å². The van der Waals surface area contributed by atoms with Crippen molar-refractivity contribution in [2.75, 3.05) is 19.9 Å². The van der Waals surface area contributed by atoms with Gasteiger partial charge in [0, 0.05) is 12.1 Å². The summed E-state index contributed by atoms with van der Waals surface area (Å²) in [5, 5.41) is 0.476. The predicted molar refractivity (Wildman–Crippen MR) is 89.0 cm³/mol. The van der Waals surface area contributed by atoms with Crippen molar-refractivity contribution >= 4 is 27.8 Å². The maximum absolute atomic E-state index is 12.2. The lowest BCUT2D eigenvalue weighted by atomic mass is 10.1. The fourth-order valence-corrected chi connectivity index (χ4v) is 2.37. The molecule has 1 rings (SSSR count). The molecule has 0 saturated carbocycles. The summed E-state index contributed by atoms with van der Waals surface area (Å²) in [5.41, 5.74) is -0.0171. The van der Waals surface area contributed by atoms with Crippen LogP contribution < -0.4 is 0 Å². The predicted octanol–water partition coefficient (Wildman–Crippen LogP) is 3.22. The van der Waals surface area contributed by atoms with E-state index in [0.29, 0.717) is 10.6 Å². The van der Waals surface area contributed by atoms with E-state index >= 15 is 0 Å². The molecule has 0 aliphatic rings. The summed E-state index contributed by atoms with van der Waals surface area (Å²) in [6.45, 7) is 5.02. The second kappa shape index (κ2) is 7.51. The lowest BCUT2D eigenvalue weighted by molar-refractivity contribution is 0.0175. The number of ether oxygens (including phenoxy) is 1. The van der Waals surface area contributed by atoms with Crippen molar-refractivity contribution in [2.45, 2.75) is 32.4 Å². The molecule has 130 valence electrons. The molecule has 0 heterocycles. The van der Waals surface area contributed by atoms with Crippen LogP contribution in [-0.2, 0) is 19.0 Å². The zero-order valence-corrected chi connectivity index (χ0v) is 15.4. The molecule has 0 unspecified atom stereocenters. The molecule has 0 fully saturated rings. The number of carbonyl (C=O) groups is 1. The van der Waals surface area contributed by atoms with E-state index in [4.69, 9.17) is 20.5 Å². The van der Waals surface area contributed by atoms with Crippen molar-refractivity contribution in [1.82, 2.24) is 4.90 Å². The molecule has 0 bridgehead atoms. The third kappa shape index (κ3) is 7.20. The van der Waals surface area contributed by atoms with E-state index in [2.05, 4.69) is 0 Å². The van der Waals surface area contributed by atoms with Crippen molar-refractivity contribution < 1.29 is 22.1 Å². The normalized spacial score (nSPS) is 13.5. The fourth-order valence-electron chi connectivity index (χ4n) is 1.79. The number of amides is 1. The first-order valence-corrected chi connectivity index (χ1v) is 9.14. The quantitative estimate of drug-likeness (QED) is 0.751. The molecule has 1 atom stereocenters. The molecule has 23 heavy (non-hydrogen) atoms. The van der Waals surface area contributed by atoms with Crippen LogP contribution in [0.5, 0.6) is 0 Å². The Bertz CT molecular complexity index is 654. The highest BCUT2D eigenvalue weighted by Crippen LogP contribution is 2.25. The second-order valence-electron chi connectivity index (χ2n) is 6.15. The van der Waals surface area contributed by atoms with Crippen molar-refractivity contribution in [3.05, 3.63) is 34.9 Å². The van der Waals surface area contributed by atoms with Crippen molar-refractivity contribution in [3.63, 3.8) is 0 Å². The minimum absolute atomic E-state index is 0.227. The van der Waals surface area contributed by atoms with E-state index in [1.807, 2.05) is 0 Å². The molecule has 1 amide bonds. The van der Waals surface area contributed by atoms with Gasteiger partial charge in [0.15, 0.2) is 0 Å². The van der Waals surface area contributed by atoms with Crippen LogP contribution in [0, 0.1) is 0 Å². The first-order chi connectivity index (χ1) is 10.4. The monoisotopic (exact) mass is 363 g/mol. The smallest absolute Gasteiger partial charge is 0.410 e. The van der Waals surface area contributed by atoms with E-state index in [1.54, 1.807) is 45.0 Å². The molecule has 0 radical (unpaired) electrons. The summed E-state index contributed by atoms with van der Waals surface area (Å²) in [6, 6.07) is 6.14. The maximum atomic E-state index is 12.2. The Morgan fingerprint density at radius 2 is 1.96 bits per heavy atom. The molecule has 8 heteroatoms. The van der Waals surface area contributed by atoms with Gasteiger partial charge in [0.25, 0.3) is 10.1 Å². The van der Waals surface area contributed by atoms with E-state index in [0.717, 1.165) is 6.26 Å². The highest BCUT2D eigenvalue weighted by atomic mass is 35.5. The number of carbonyl (C=O) groups excluding carboxylic acids is 1. The van der Waals surface area contributed by atoms with Gasteiger partial charge in [0.1, 0.15) is 5.60 Å². The van der Waals surface area contributed by atoms with E-state index < -0.39 is 27.9 Å². The number of hydrogen-bond donors (Lipinski definition) is 0. The Morgan fingerprint density at radius 1 is 1.35 bits per heavy atom. The topological polar surface area (TPSA) is 72.9 Å². The summed E-state index contributed by atoms with van der Waals surface area (Å²) in [4.78, 5) is 13.5. The minimum atomic E-state index is -3.64. The average molecular weight is 364 g/mol. The number of hydrogen-bond acceptors (Lipinski definition) is 5. The molecule has 1 aromatic carbocycles. The molecule has 0 aliphatic carbocycles.